The largest absolute Gasteiger partial charge is 0.493 e. The van der Waals surface area contributed by atoms with Crippen LogP contribution in [0.15, 0.2) is 42.5 Å². The molecule has 0 saturated carbocycles. The maximum atomic E-state index is 14.8. The molecule has 8 heteroatoms. The monoisotopic (exact) mass is 588 g/mol. The summed E-state index contributed by atoms with van der Waals surface area (Å²) in [5.41, 5.74) is 1.93. The molecule has 0 bridgehead atoms. The second-order valence-electron chi connectivity index (χ2n) is 12.9. The Bertz CT molecular complexity index is 1250. The van der Waals surface area contributed by atoms with Gasteiger partial charge in [-0.25, -0.2) is 4.39 Å². The van der Waals surface area contributed by atoms with Crippen molar-refractivity contribution in [3.05, 3.63) is 53.6 Å². The van der Waals surface area contributed by atoms with Crippen molar-refractivity contribution in [2.75, 3.05) is 17.2 Å². The number of ketones is 1. The number of hydrogen-bond acceptors (Lipinski definition) is 4. The maximum absolute atomic E-state index is 14.8. The first-order valence-electron chi connectivity index (χ1n) is 14.3. The number of Topliss-reactive ketones (excluding diaryl/α,β-unsaturated/α-hetero) is 1. The Labute approximate surface area is 249 Å². The Balaban J connectivity index is 1.99. The maximum Gasteiger partial charge on any atom is 0.319 e. The van der Waals surface area contributed by atoms with Crippen LogP contribution >= 0.6 is 11.6 Å². The van der Waals surface area contributed by atoms with Gasteiger partial charge in [0.15, 0.2) is 5.78 Å². The highest BCUT2D eigenvalue weighted by Crippen LogP contribution is 2.38. The zero-order valence-electron chi connectivity index (χ0n) is 26.0. The number of halogens is 2. The molecule has 0 aromatic heterocycles. The zero-order valence-corrected chi connectivity index (χ0v) is 26.7. The van der Waals surface area contributed by atoms with Gasteiger partial charge in [-0.3, -0.25) is 14.4 Å². The molecular formula is C33H46ClFN2O4. The molecule has 0 heterocycles. The Morgan fingerprint density at radius 3 is 2.00 bits per heavy atom. The Morgan fingerprint density at radius 2 is 1.44 bits per heavy atom. The third-order valence-electron chi connectivity index (χ3n) is 7.72. The number of benzene rings is 2. The van der Waals surface area contributed by atoms with Crippen molar-refractivity contribution in [2.24, 2.45) is 5.41 Å². The zero-order chi connectivity index (χ0) is 31.2. The number of nitrogens with one attached hydrogen (secondary N) is 2. The quantitative estimate of drug-likeness (QED) is 0.140. The normalized spacial score (nSPS) is 13.7. The number of carbonyl (C=O) groups is 3. The molecule has 0 aliphatic heterocycles. The average molecular weight is 589 g/mol. The summed E-state index contributed by atoms with van der Waals surface area (Å²) in [4.78, 5) is 37.3. The third-order valence-corrected chi connectivity index (χ3v) is 8.06. The summed E-state index contributed by atoms with van der Waals surface area (Å²) in [6.45, 7) is 18.1. The standard InChI is InChI=1S/C33H46ClFN2O4/c1-10-31(6,7)22-17-18-26(25(20-22)32(8,9)11-2)41-19-13-16-27(38)36-23-14-12-15-24(21-23)37-29(40)33(34,35)28(39)30(3,4)5/h12,14-15,17-18,20-21H,10-11,13,16,19H2,1-9H3,(H,36,38)(H,37,40). The molecule has 2 aromatic rings. The van der Waals surface area contributed by atoms with Gasteiger partial charge in [-0.05, 0) is 59.9 Å². The summed E-state index contributed by atoms with van der Waals surface area (Å²) in [6.07, 6.45) is 2.72. The van der Waals surface area contributed by atoms with Gasteiger partial charge in [0.25, 0.3) is 5.91 Å². The van der Waals surface area contributed by atoms with Crippen LogP contribution in [0.1, 0.15) is 99.1 Å². The van der Waals surface area contributed by atoms with E-state index in [4.69, 9.17) is 16.3 Å². The summed E-state index contributed by atoms with van der Waals surface area (Å²) in [6, 6.07) is 12.7. The fourth-order valence-corrected chi connectivity index (χ4v) is 4.43. The molecule has 1 unspecified atom stereocenters. The minimum atomic E-state index is -3.21. The lowest BCUT2D eigenvalue weighted by molar-refractivity contribution is -0.140. The van der Waals surface area contributed by atoms with Gasteiger partial charge in [0, 0.05) is 28.8 Å². The Morgan fingerprint density at radius 1 is 0.854 bits per heavy atom. The smallest absolute Gasteiger partial charge is 0.319 e. The number of rotatable bonds is 13. The molecule has 0 aliphatic carbocycles. The third kappa shape index (κ3) is 9.03. The summed E-state index contributed by atoms with van der Waals surface area (Å²) >= 11 is 5.68. The lowest BCUT2D eigenvalue weighted by atomic mass is 9.76. The van der Waals surface area contributed by atoms with Crippen LogP contribution in [0.2, 0.25) is 0 Å². The fourth-order valence-electron chi connectivity index (χ4n) is 4.10. The summed E-state index contributed by atoms with van der Waals surface area (Å²) in [5, 5.41) is 1.88. The molecule has 2 aromatic carbocycles. The van der Waals surface area contributed by atoms with Gasteiger partial charge < -0.3 is 15.4 Å². The van der Waals surface area contributed by atoms with Crippen molar-refractivity contribution in [1.29, 1.82) is 0 Å². The summed E-state index contributed by atoms with van der Waals surface area (Å²) in [7, 11) is 0. The first-order chi connectivity index (χ1) is 18.8. The first-order valence-corrected chi connectivity index (χ1v) is 14.6. The second kappa shape index (κ2) is 13.4. The van der Waals surface area contributed by atoms with E-state index in [1.54, 1.807) is 12.1 Å². The van der Waals surface area contributed by atoms with Crippen LogP contribution in [0.25, 0.3) is 0 Å². The van der Waals surface area contributed by atoms with E-state index in [1.807, 2.05) is 6.07 Å². The number of hydrogen-bond donors (Lipinski definition) is 2. The minimum Gasteiger partial charge on any atom is -0.493 e. The highest BCUT2D eigenvalue weighted by molar-refractivity contribution is 6.47. The molecule has 6 nitrogen and oxygen atoms in total. The number of carbonyl (C=O) groups excluding carboxylic acids is 3. The number of anilines is 2. The molecule has 0 aliphatic rings. The van der Waals surface area contributed by atoms with E-state index in [0.717, 1.165) is 18.6 Å². The van der Waals surface area contributed by atoms with Crippen molar-refractivity contribution in [3.63, 3.8) is 0 Å². The van der Waals surface area contributed by atoms with Crippen molar-refractivity contribution in [2.45, 2.75) is 104 Å². The van der Waals surface area contributed by atoms with E-state index in [2.05, 4.69) is 64.3 Å². The van der Waals surface area contributed by atoms with Crippen molar-refractivity contribution in [3.8, 4) is 5.75 Å². The van der Waals surface area contributed by atoms with Crippen LogP contribution in [0.3, 0.4) is 0 Å². The molecule has 2 N–H and O–H groups in total. The van der Waals surface area contributed by atoms with Crippen LogP contribution in [-0.4, -0.2) is 29.3 Å². The minimum absolute atomic E-state index is 0.0573. The van der Waals surface area contributed by atoms with Gasteiger partial charge in [0.05, 0.1) is 6.61 Å². The Hall–Kier alpha value is -2.93. The predicted octanol–water partition coefficient (Wildman–Crippen LogP) is 8.32. The molecule has 0 saturated heterocycles. The van der Waals surface area contributed by atoms with Crippen molar-refractivity contribution in [1.82, 2.24) is 0 Å². The highest BCUT2D eigenvalue weighted by atomic mass is 35.5. The van der Waals surface area contributed by atoms with E-state index in [1.165, 1.54) is 44.0 Å². The molecule has 41 heavy (non-hydrogen) atoms. The lowest BCUT2D eigenvalue weighted by Gasteiger charge is -2.30. The molecule has 0 spiro atoms. The molecule has 226 valence electrons. The van der Waals surface area contributed by atoms with Gasteiger partial charge in [-0.1, -0.05) is 92.1 Å². The molecular weight excluding hydrogens is 543 g/mol. The lowest BCUT2D eigenvalue weighted by Crippen LogP contribution is -2.46. The Kier molecular flexibility index (Phi) is 11.2. The predicted molar refractivity (Wildman–Crippen MR) is 166 cm³/mol. The van der Waals surface area contributed by atoms with E-state index in [0.29, 0.717) is 18.7 Å². The van der Waals surface area contributed by atoms with Crippen LogP contribution in [-0.2, 0) is 25.2 Å². The summed E-state index contributed by atoms with van der Waals surface area (Å²) in [5.74, 6) is -1.71. The SMILES string of the molecule is CCC(C)(C)c1ccc(OCCCC(=O)Nc2cccc(NC(=O)C(F)(Cl)C(=O)C(C)(C)C)c2)c(C(C)(C)CC)c1. The van der Waals surface area contributed by atoms with Crippen molar-refractivity contribution >= 4 is 40.6 Å². The highest BCUT2D eigenvalue weighted by Gasteiger charge is 2.49. The van der Waals surface area contributed by atoms with Crippen LogP contribution < -0.4 is 15.4 Å². The molecule has 2 rings (SSSR count). The molecule has 0 fully saturated rings. The van der Waals surface area contributed by atoms with Gasteiger partial charge in [-0.2, -0.15) is 0 Å². The van der Waals surface area contributed by atoms with Crippen LogP contribution in [0.4, 0.5) is 15.8 Å². The van der Waals surface area contributed by atoms with Crippen LogP contribution in [0.5, 0.6) is 5.75 Å². The van der Waals surface area contributed by atoms with Crippen LogP contribution in [0, 0.1) is 5.41 Å². The molecule has 2 amide bonds. The van der Waals surface area contributed by atoms with Gasteiger partial charge in [0.1, 0.15) is 5.75 Å². The van der Waals surface area contributed by atoms with Crippen molar-refractivity contribution < 1.29 is 23.5 Å². The van der Waals surface area contributed by atoms with Gasteiger partial charge in [-0.15, -0.1) is 0 Å². The molecule has 1 atom stereocenters. The van der Waals surface area contributed by atoms with E-state index < -0.39 is 22.2 Å². The summed E-state index contributed by atoms with van der Waals surface area (Å²) < 4.78 is 20.9. The van der Waals surface area contributed by atoms with Gasteiger partial charge in [0.2, 0.25) is 5.91 Å². The fraction of sp³-hybridized carbons (Fsp3) is 0.545. The molecule has 0 radical (unpaired) electrons. The number of amides is 2. The second-order valence-corrected chi connectivity index (χ2v) is 13.4. The van der Waals surface area contributed by atoms with Gasteiger partial charge >= 0.3 is 5.13 Å². The van der Waals surface area contributed by atoms with E-state index >= 15 is 0 Å². The number of ether oxygens (including phenoxy) is 1. The first kappa shape index (κ1) is 34.3. The number of alkyl halides is 2. The topological polar surface area (TPSA) is 84.5 Å². The van der Waals surface area contributed by atoms with E-state index in [-0.39, 0.29) is 28.8 Å². The average Bonchev–Trinajstić information content (AvgIpc) is 2.90. The van der Waals surface area contributed by atoms with E-state index in [9.17, 15) is 18.8 Å².